The fourth-order valence-electron chi connectivity index (χ4n) is 3.49. The minimum Gasteiger partial charge on any atom is -0.462 e. The van der Waals surface area contributed by atoms with Crippen LogP contribution in [0.4, 0.5) is 0 Å². The molecule has 0 aliphatic heterocycles. The maximum atomic E-state index is 12.1. The average Bonchev–Trinajstić information content (AvgIpc) is 2.81. The second kappa shape index (κ2) is 15.2. The van der Waals surface area contributed by atoms with Gasteiger partial charge in [0.25, 0.3) is 0 Å². The van der Waals surface area contributed by atoms with Gasteiger partial charge in [-0.3, -0.25) is 4.79 Å². The highest BCUT2D eigenvalue weighted by atomic mass is 16.5. The van der Waals surface area contributed by atoms with Gasteiger partial charge in [-0.2, -0.15) is 0 Å². The Morgan fingerprint density at radius 3 is 1.78 bits per heavy atom. The SMILES string of the molecule is CCCCCCCCCCC(=O)Oc1ccc(-c2ccc(C(=O)OCCCC)cc2)cc1. The molecule has 0 atom stereocenters. The van der Waals surface area contributed by atoms with Crippen LogP contribution >= 0.6 is 0 Å². The zero-order chi connectivity index (χ0) is 23.0. The highest BCUT2D eigenvalue weighted by Crippen LogP contribution is 2.23. The van der Waals surface area contributed by atoms with E-state index in [1.54, 1.807) is 12.1 Å². The molecule has 0 saturated heterocycles. The van der Waals surface area contributed by atoms with Gasteiger partial charge in [-0.15, -0.1) is 0 Å². The van der Waals surface area contributed by atoms with Crippen LogP contribution < -0.4 is 4.74 Å². The maximum Gasteiger partial charge on any atom is 0.338 e. The van der Waals surface area contributed by atoms with Crippen molar-refractivity contribution < 1.29 is 19.1 Å². The van der Waals surface area contributed by atoms with Gasteiger partial charge in [0.2, 0.25) is 0 Å². The standard InChI is InChI=1S/C28H38O4/c1-3-5-7-8-9-10-11-12-13-27(29)32-26-20-18-24(19-21-26)23-14-16-25(17-15-23)28(30)31-22-6-4-2/h14-21H,3-13,22H2,1-2H3. The number of hydrogen-bond donors (Lipinski definition) is 0. The predicted molar refractivity (Wildman–Crippen MR) is 130 cm³/mol. The molecule has 0 bridgehead atoms. The molecule has 0 aromatic heterocycles. The minimum absolute atomic E-state index is 0.172. The second-order valence-corrected chi connectivity index (χ2v) is 8.29. The van der Waals surface area contributed by atoms with Gasteiger partial charge in [-0.25, -0.2) is 4.79 Å². The zero-order valence-electron chi connectivity index (χ0n) is 19.7. The lowest BCUT2D eigenvalue weighted by atomic mass is 10.0. The van der Waals surface area contributed by atoms with Crippen LogP contribution in [0.25, 0.3) is 11.1 Å². The third kappa shape index (κ3) is 9.67. The van der Waals surface area contributed by atoms with E-state index in [0.717, 1.165) is 36.8 Å². The number of hydrogen-bond acceptors (Lipinski definition) is 4. The molecule has 0 amide bonds. The Labute approximate surface area is 193 Å². The summed E-state index contributed by atoms with van der Waals surface area (Å²) in [6.45, 7) is 4.74. The van der Waals surface area contributed by atoms with Crippen LogP contribution in [0.5, 0.6) is 5.75 Å². The van der Waals surface area contributed by atoms with Crippen molar-refractivity contribution in [3.63, 3.8) is 0 Å². The molecule has 2 rings (SSSR count). The third-order valence-electron chi connectivity index (χ3n) is 5.51. The van der Waals surface area contributed by atoms with E-state index in [-0.39, 0.29) is 11.9 Å². The summed E-state index contributed by atoms with van der Waals surface area (Å²) < 4.78 is 10.7. The first-order valence-corrected chi connectivity index (χ1v) is 12.2. The summed E-state index contributed by atoms with van der Waals surface area (Å²) in [6.07, 6.45) is 12.0. The first-order valence-electron chi connectivity index (χ1n) is 12.2. The molecule has 174 valence electrons. The lowest BCUT2D eigenvalue weighted by molar-refractivity contribution is -0.134. The van der Waals surface area contributed by atoms with Crippen molar-refractivity contribution in [1.29, 1.82) is 0 Å². The highest BCUT2D eigenvalue weighted by Gasteiger charge is 2.08. The van der Waals surface area contributed by atoms with Gasteiger partial charge in [0.15, 0.2) is 0 Å². The van der Waals surface area contributed by atoms with E-state index in [1.165, 1.54) is 38.5 Å². The Hall–Kier alpha value is -2.62. The fourth-order valence-corrected chi connectivity index (χ4v) is 3.49. The molecule has 0 aliphatic carbocycles. The highest BCUT2D eigenvalue weighted by molar-refractivity contribution is 5.90. The second-order valence-electron chi connectivity index (χ2n) is 8.29. The summed E-state index contributed by atoms with van der Waals surface area (Å²) in [6, 6.07) is 14.8. The van der Waals surface area contributed by atoms with E-state index in [2.05, 4.69) is 13.8 Å². The largest absolute Gasteiger partial charge is 0.462 e. The molecule has 32 heavy (non-hydrogen) atoms. The molecule has 0 heterocycles. The summed E-state index contributed by atoms with van der Waals surface area (Å²) in [7, 11) is 0. The normalized spacial score (nSPS) is 10.7. The zero-order valence-corrected chi connectivity index (χ0v) is 19.7. The first kappa shape index (κ1) is 25.6. The van der Waals surface area contributed by atoms with Gasteiger partial charge < -0.3 is 9.47 Å². The van der Waals surface area contributed by atoms with Crippen LogP contribution in [0.2, 0.25) is 0 Å². The molecule has 4 heteroatoms. The Morgan fingerprint density at radius 1 is 0.656 bits per heavy atom. The molecule has 2 aromatic rings. The van der Waals surface area contributed by atoms with E-state index >= 15 is 0 Å². The summed E-state index contributed by atoms with van der Waals surface area (Å²) in [4.78, 5) is 24.1. The van der Waals surface area contributed by atoms with Crippen molar-refractivity contribution in [3.05, 3.63) is 54.1 Å². The van der Waals surface area contributed by atoms with Gasteiger partial charge in [-0.05, 0) is 48.2 Å². The number of ether oxygens (including phenoxy) is 2. The Balaban J connectivity index is 1.73. The average molecular weight is 439 g/mol. The van der Waals surface area contributed by atoms with Crippen LogP contribution in [0.1, 0.15) is 94.8 Å². The molecular weight excluding hydrogens is 400 g/mol. The Bertz CT molecular complexity index is 793. The number of rotatable bonds is 15. The quantitative estimate of drug-likeness (QED) is 0.162. The lowest BCUT2D eigenvalue weighted by Gasteiger charge is -2.07. The van der Waals surface area contributed by atoms with Crippen molar-refractivity contribution in [1.82, 2.24) is 0 Å². The molecule has 0 N–H and O–H groups in total. The summed E-state index contributed by atoms with van der Waals surface area (Å²) >= 11 is 0. The van der Waals surface area contributed by atoms with E-state index < -0.39 is 0 Å². The number of esters is 2. The number of carbonyl (C=O) groups excluding carboxylic acids is 2. The number of unbranched alkanes of at least 4 members (excludes halogenated alkanes) is 8. The number of benzene rings is 2. The summed E-state index contributed by atoms with van der Waals surface area (Å²) in [5.74, 6) is 0.105. The van der Waals surface area contributed by atoms with E-state index in [4.69, 9.17) is 9.47 Å². The summed E-state index contributed by atoms with van der Waals surface area (Å²) in [5, 5.41) is 0. The van der Waals surface area contributed by atoms with Crippen LogP contribution in [-0.2, 0) is 9.53 Å². The molecule has 0 radical (unpaired) electrons. The van der Waals surface area contributed by atoms with Gasteiger partial charge in [-0.1, -0.05) is 89.5 Å². The fraction of sp³-hybridized carbons (Fsp3) is 0.500. The Kier molecular flexibility index (Phi) is 12.2. The van der Waals surface area contributed by atoms with Gasteiger partial charge >= 0.3 is 11.9 Å². The molecule has 4 nitrogen and oxygen atoms in total. The Morgan fingerprint density at radius 2 is 1.19 bits per heavy atom. The molecule has 0 aliphatic rings. The van der Waals surface area contributed by atoms with E-state index in [9.17, 15) is 9.59 Å². The van der Waals surface area contributed by atoms with Gasteiger partial charge in [0.1, 0.15) is 5.75 Å². The molecule has 2 aromatic carbocycles. The van der Waals surface area contributed by atoms with Crippen LogP contribution in [0, 0.1) is 0 Å². The molecular formula is C28H38O4. The molecule has 0 unspecified atom stereocenters. The van der Waals surface area contributed by atoms with Crippen molar-refractivity contribution in [2.24, 2.45) is 0 Å². The smallest absolute Gasteiger partial charge is 0.338 e. The van der Waals surface area contributed by atoms with Crippen LogP contribution in [0.15, 0.2) is 48.5 Å². The van der Waals surface area contributed by atoms with Crippen LogP contribution in [0.3, 0.4) is 0 Å². The monoisotopic (exact) mass is 438 g/mol. The van der Waals surface area contributed by atoms with Gasteiger partial charge in [0, 0.05) is 6.42 Å². The predicted octanol–water partition coefficient (Wildman–Crippen LogP) is 7.75. The molecule has 0 spiro atoms. The topological polar surface area (TPSA) is 52.6 Å². The number of carbonyl (C=O) groups is 2. The minimum atomic E-state index is -0.288. The van der Waals surface area contributed by atoms with E-state index in [0.29, 0.717) is 24.3 Å². The van der Waals surface area contributed by atoms with Crippen molar-refractivity contribution in [2.75, 3.05) is 6.61 Å². The van der Waals surface area contributed by atoms with Crippen molar-refractivity contribution >= 4 is 11.9 Å². The van der Waals surface area contributed by atoms with Gasteiger partial charge in [0.05, 0.1) is 12.2 Å². The molecule has 0 saturated carbocycles. The third-order valence-corrected chi connectivity index (χ3v) is 5.51. The maximum absolute atomic E-state index is 12.1. The molecule has 0 fully saturated rings. The van der Waals surface area contributed by atoms with Crippen molar-refractivity contribution in [2.45, 2.75) is 84.5 Å². The van der Waals surface area contributed by atoms with E-state index in [1.807, 2.05) is 36.4 Å². The lowest BCUT2D eigenvalue weighted by Crippen LogP contribution is -2.07. The first-order chi connectivity index (χ1) is 15.6. The van der Waals surface area contributed by atoms with Crippen molar-refractivity contribution in [3.8, 4) is 16.9 Å². The van der Waals surface area contributed by atoms with Crippen LogP contribution in [-0.4, -0.2) is 18.5 Å². The summed E-state index contributed by atoms with van der Waals surface area (Å²) in [5.41, 5.74) is 2.54.